The quantitative estimate of drug-likeness (QED) is 0.780. The molecule has 0 fully saturated rings. The highest BCUT2D eigenvalue weighted by molar-refractivity contribution is 7.09. The second kappa shape index (κ2) is 6.51. The fourth-order valence-electron chi connectivity index (χ4n) is 1.70. The number of anilines is 1. The molecule has 18 heavy (non-hydrogen) atoms. The highest BCUT2D eigenvalue weighted by Gasteiger charge is 2.06. The molecule has 2 heterocycles. The van der Waals surface area contributed by atoms with E-state index in [0.29, 0.717) is 0 Å². The summed E-state index contributed by atoms with van der Waals surface area (Å²) in [4.78, 5) is 8.77. The lowest BCUT2D eigenvalue weighted by atomic mass is 10.4. The largest absolute Gasteiger partial charge is 0.385 e. The normalized spacial score (nSPS) is 10.8. The minimum absolute atomic E-state index is 0.763. The number of ether oxygens (including phenoxy) is 1. The summed E-state index contributed by atoms with van der Waals surface area (Å²) >= 11 is 1.66. The van der Waals surface area contributed by atoms with E-state index in [-0.39, 0.29) is 0 Å². The van der Waals surface area contributed by atoms with Gasteiger partial charge in [0.05, 0.1) is 12.2 Å². The van der Waals surface area contributed by atoms with Crippen LogP contribution in [-0.2, 0) is 11.3 Å². The van der Waals surface area contributed by atoms with Gasteiger partial charge in [0.1, 0.15) is 5.01 Å². The Kier molecular flexibility index (Phi) is 4.72. The summed E-state index contributed by atoms with van der Waals surface area (Å²) in [5, 5.41) is 6.41. The van der Waals surface area contributed by atoms with E-state index in [1.54, 1.807) is 18.4 Å². The molecule has 98 valence electrons. The van der Waals surface area contributed by atoms with Crippen LogP contribution < -0.4 is 5.32 Å². The zero-order valence-corrected chi connectivity index (χ0v) is 11.5. The molecule has 0 bridgehead atoms. The van der Waals surface area contributed by atoms with Crippen LogP contribution in [0.5, 0.6) is 0 Å². The first-order valence-electron chi connectivity index (χ1n) is 5.94. The molecule has 0 radical (unpaired) electrons. The van der Waals surface area contributed by atoms with Crippen molar-refractivity contribution in [2.45, 2.75) is 19.9 Å². The fourth-order valence-corrected chi connectivity index (χ4v) is 2.32. The minimum atomic E-state index is 0.763. The Bertz CT molecular complexity index is 466. The maximum Gasteiger partial charge on any atom is 0.203 e. The van der Waals surface area contributed by atoms with Gasteiger partial charge in [0.15, 0.2) is 0 Å². The molecule has 0 aliphatic carbocycles. The first kappa shape index (κ1) is 13.0. The molecule has 2 aromatic heterocycles. The molecule has 0 unspecified atom stereocenters. The number of aromatic nitrogens is 3. The van der Waals surface area contributed by atoms with Crippen LogP contribution in [0.15, 0.2) is 17.8 Å². The molecule has 5 nitrogen and oxygen atoms in total. The summed E-state index contributed by atoms with van der Waals surface area (Å²) in [6, 6.07) is 0. The van der Waals surface area contributed by atoms with Crippen LogP contribution in [0.2, 0.25) is 0 Å². The van der Waals surface area contributed by atoms with Crippen molar-refractivity contribution in [2.75, 3.05) is 25.6 Å². The average Bonchev–Trinajstić information content (AvgIpc) is 2.96. The van der Waals surface area contributed by atoms with Gasteiger partial charge in [-0.25, -0.2) is 9.97 Å². The number of aryl methyl sites for hydroxylation is 1. The number of nitrogens with zero attached hydrogens (tertiary/aromatic N) is 3. The summed E-state index contributed by atoms with van der Waals surface area (Å²) in [5.74, 6) is 0.902. The van der Waals surface area contributed by atoms with Gasteiger partial charge in [-0.2, -0.15) is 0 Å². The lowest BCUT2D eigenvalue weighted by molar-refractivity contribution is 0.197. The summed E-state index contributed by atoms with van der Waals surface area (Å²) in [7, 11) is 1.72. The molecule has 2 aromatic rings. The predicted octanol–water partition coefficient (Wildman–Crippen LogP) is 2.14. The van der Waals surface area contributed by atoms with Crippen molar-refractivity contribution in [1.82, 2.24) is 14.5 Å². The van der Waals surface area contributed by atoms with Crippen molar-refractivity contribution < 1.29 is 4.74 Å². The Morgan fingerprint density at radius 2 is 2.39 bits per heavy atom. The first-order valence-corrected chi connectivity index (χ1v) is 6.82. The molecule has 0 amide bonds. The molecule has 0 aromatic carbocycles. The van der Waals surface area contributed by atoms with E-state index in [2.05, 4.69) is 19.9 Å². The number of hydrogen-bond acceptors (Lipinski definition) is 5. The van der Waals surface area contributed by atoms with Crippen LogP contribution in [0.1, 0.15) is 17.1 Å². The topological polar surface area (TPSA) is 52.0 Å². The number of thiazole rings is 1. The molecular formula is C12H18N4OS. The van der Waals surface area contributed by atoms with Crippen LogP contribution in [0, 0.1) is 6.92 Å². The number of methoxy groups -OCH3 is 1. The molecule has 0 saturated carbocycles. The predicted molar refractivity (Wildman–Crippen MR) is 73.2 cm³/mol. The molecule has 0 saturated heterocycles. The van der Waals surface area contributed by atoms with E-state index in [0.717, 1.165) is 42.8 Å². The van der Waals surface area contributed by atoms with Gasteiger partial charge in [-0.1, -0.05) is 0 Å². The Hall–Kier alpha value is -1.40. The van der Waals surface area contributed by atoms with Crippen molar-refractivity contribution in [1.29, 1.82) is 0 Å². The SMILES string of the molecule is COCCCNc1nc(C)cn1Cc1nccs1. The van der Waals surface area contributed by atoms with Crippen LogP contribution in [-0.4, -0.2) is 34.8 Å². The second-order valence-electron chi connectivity index (χ2n) is 4.03. The van der Waals surface area contributed by atoms with E-state index >= 15 is 0 Å². The molecule has 0 atom stereocenters. The van der Waals surface area contributed by atoms with E-state index in [9.17, 15) is 0 Å². The van der Waals surface area contributed by atoms with Crippen molar-refractivity contribution in [3.8, 4) is 0 Å². The monoisotopic (exact) mass is 266 g/mol. The maximum absolute atomic E-state index is 5.02. The lowest BCUT2D eigenvalue weighted by Gasteiger charge is -2.08. The van der Waals surface area contributed by atoms with Gasteiger partial charge in [0.2, 0.25) is 5.95 Å². The number of rotatable bonds is 7. The molecule has 1 N–H and O–H groups in total. The highest BCUT2D eigenvalue weighted by Crippen LogP contribution is 2.13. The van der Waals surface area contributed by atoms with Crippen LogP contribution in [0.4, 0.5) is 5.95 Å². The van der Waals surface area contributed by atoms with Crippen LogP contribution in [0.25, 0.3) is 0 Å². The molecule has 0 aliphatic rings. The molecule has 0 spiro atoms. The average molecular weight is 266 g/mol. The van der Waals surface area contributed by atoms with E-state index in [1.807, 2.05) is 24.7 Å². The van der Waals surface area contributed by atoms with E-state index in [1.165, 1.54) is 0 Å². The molecule has 2 rings (SSSR count). The summed E-state index contributed by atoms with van der Waals surface area (Å²) in [6.45, 7) is 4.39. The van der Waals surface area contributed by atoms with Crippen molar-refractivity contribution in [3.05, 3.63) is 28.5 Å². The first-order chi connectivity index (χ1) is 8.79. The number of imidazole rings is 1. The van der Waals surface area contributed by atoms with Crippen molar-refractivity contribution >= 4 is 17.3 Å². The van der Waals surface area contributed by atoms with E-state index in [4.69, 9.17) is 4.74 Å². The van der Waals surface area contributed by atoms with Gasteiger partial charge < -0.3 is 14.6 Å². The number of nitrogens with one attached hydrogen (secondary N) is 1. The Morgan fingerprint density at radius 3 is 3.11 bits per heavy atom. The molecule has 6 heteroatoms. The van der Waals surface area contributed by atoms with Crippen LogP contribution >= 0.6 is 11.3 Å². The lowest BCUT2D eigenvalue weighted by Crippen LogP contribution is -2.10. The third kappa shape index (κ3) is 3.54. The third-order valence-electron chi connectivity index (χ3n) is 2.49. The summed E-state index contributed by atoms with van der Waals surface area (Å²) < 4.78 is 7.12. The van der Waals surface area contributed by atoms with Gasteiger partial charge in [0.25, 0.3) is 0 Å². The zero-order valence-electron chi connectivity index (χ0n) is 10.7. The molecular weight excluding hydrogens is 248 g/mol. The van der Waals surface area contributed by atoms with Gasteiger partial charge in [-0.05, 0) is 13.3 Å². The highest BCUT2D eigenvalue weighted by atomic mass is 32.1. The smallest absolute Gasteiger partial charge is 0.203 e. The van der Waals surface area contributed by atoms with E-state index < -0.39 is 0 Å². The summed E-state index contributed by atoms with van der Waals surface area (Å²) in [6.07, 6.45) is 4.84. The Balaban J connectivity index is 1.96. The van der Waals surface area contributed by atoms with Gasteiger partial charge in [-0.15, -0.1) is 11.3 Å². The second-order valence-corrected chi connectivity index (χ2v) is 5.01. The molecule has 0 aliphatic heterocycles. The Labute approximate surface area is 111 Å². The van der Waals surface area contributed by atoms with Crippen molar-refractivity contribution in [2.24, 2.45) is 0 Å². The zero-order chi connectivity index (χ0) is 12.8. The minimum Gasteiger partial charge on any atom is -0.385 e. The van der Waals surface area contributed by atoms with Gasteiger partial charge >= 0.3 is 0 Å². The Morgan fingerprint density at radius 1 is 1.50 bits per heavy atom. The van der Waals surface area contributed by atoms with Crippen molar-refractivity contribution in [3.63, 3.8) is 0 Å². The maximum atomic E-state index is 5.02. The third-order valence-corrected chi connectivity index (χ3v) is 3.26. The van der Waals surface area contributed by atoms with Crippen LogP contribution in [0.3, 0.4) is 0 Å². The number of hydrogen-bond donors (Lipinski definition) is 1. The van der Waals surface area contributed by atoms with Gasteiger partial charge in [-0.3, -0.25) is 0 Å². The summed E-state index contributed by atoms with van der Waals surface area (Å²) in [5.41, 5.74) is 1.01. The fraction of sp³-hybridized carbons (Fsp3) is 0.500. The van der Waals surface area contributed by atoms with Gasteiger partial charge in [0, 0.05) is 38.0 Å². The standard InChI is InChI=1S/C12H18N4OS/c1-10-8-16(9-11-13-5-7-18-11)12(15-10)14-4-3-6-17-2/h5,7-8H,3-4,6,9H2,1-2H3,(H,14,15).